The first-order valence-electron chi connectivity index (χ1n) is 6.39. The highest BCUT2D eigenvalue weighted by Gasteiger charge is 2.27. The fourth-order valence-corrected chi connectivity index (χ4v) is 1.93. The summed E-state index contributed by atoms with van der Waals surface area (Å²) in [5.74, 6) is 2.39. The van der Waals surface area contributed by atoms with E-state index >= 15 is 0 Å². The first-order valence-corrected chi connectivity index (χ1v) is 6.39. The van der Waals surface area contributed by atoms with Crippen molar-refractivity contribution in [2.45, 2.75) is 32.2 Å². The largest absolute Gasteiger partial charge is 0.373 e. The second kappa shape index (κ2) is 4.40. The smallest absolute Gasteiger partial charge is 0.134 e. The molecule has 18 heavy (non-hydrogen) atoms. The maximum atomic E-state index is 4.66. The monoisotopic (exact) mass is 243 g/mol. The van der Waals surface area contributed by atoms with E-state index in [2.05, 4.69) is 27.3 Å². The summed E-state index contributed by atoms with van der Waals surface area (Å²) >= 11 is 0. The lowest BCUT2D eigenvalue weighted by molar-refractivity contribution is 0.660. The molecule has 3 rings (SSSR count). The first kappa shape index (κ1) is 11.2. The Morgan fingerprint density at radius 2 is 2.22 bits per heavy atom. The van der Waals surface area contributed by atoms with Crippen molar-refractivity contribution in [1.82, 2.24) is 19.7 Å². The van der Waals surface area contributed by atoms with E-state index in [-0.39, 0.29) is 0 Å². The number of anilines is 1. The van der Waals surface area contributed by atoms with E-state index in [1.54, 1.807) is 0 Å². The quantitative estimate of drug-likeness (QED) is 0.895. The van der Waals surface area contributed by atoms with Crippen LogP contribution in [0.1, 0.15) is 31.5 Å². The molecule has 0 radical (unpaired) electrons. The van der Waals surface area contributed by atoms with Crippen LogP contribution in [0, 0.1) is 0 Å². The van der Waals surface area contributed by atoms with E-state index < -0.39 is 0 Å². The lowest BCUT2D eigenvalue weighted by Crippen LogP contribution is -2.00. The van der Waals surface area contributed by atoms with Crippen molar-refractivity contribution in [3.63, 3.8) is 0 Å². The molecule has 2 aromatic rings. The molecule has 5 heteroatoms. The summed E-state index contributed by atoms with van der Waals surface area (Å²) in [6.07, 6.45) is 6.31. The minimum atomic E-state index is 0.554. The van der Waals surface area contributed by atoms with Crippen LogP contribution in [0.5, 0.6) is 0 Å². The molecule has 1 saturated carbocycles. The van der Waals surface area contributed by atoms with Gasteiger partial charge in [-0.25, -0.2) is 9.97 Å². The standard InChI is InChI=1S/C13H17N5/c1-3-18-8-10(7-15-18)11-6-12(14-2)17-13(16-11)9-4-5-9/h6-9H,3-5H2,1-2H3,(H,14,16,17). The van der Waals surface area contributed by atoms with Gasteiger partial charge in [-0.05, 0) is 19.8 Å². The van der Waals surface area contributed by atoms with Gasteiger partial charge < -0.3 is 5.32 Å². The molecule has 1 aliphatic rings. The molecule has 1 N–H and O–H groups in total. The highest BCUT2D eigenvalue weighted by molar-refractivity contribution is 5.61. The Morgan fingerprint density at radius 3 is 2.83 bits per heavy atom. The third-order valence-electron chi connectivity index (χ3n) is 3.20. The maximum Gasteiger partial charge on any atom is 0.134 e. The van der Waals surface area contributed by atoms with Gasteiger partial charge in [-0.1, -0.05) is 0 Å². The number of aryl methyl sites for hydroxylation is 1. The minimum absolute atomic E-state index is 0.554. The number of hydrogen-bond donors (Lipinski definition) is 1. The van der Waals surface area contributed by atoms with Crippen molar-refractivity contribution in [2.75, 3.05) is 12.4 Å². The van der Waals surface area contributed by atoms with Crippen LogP contribution in [0.15, 0.2) is 18.5 Å². The van der Waals surface area contributed by atoms with Gasteiger partial charge in [0.25, 0.3) is 0 Å². The van der Waals surface area contributed by atoms with E-state index in [9.17, 15) is 0 Å². The average Bonchev–Trinajstić information content (AvgIpc) is 3.16. The molecule has 0 aliphatic heterocycles. The topological polar surface area (TPSA) is 55.6 Å². The molecule has 0 amide bonds. The molecule has 0 atom stereocenters. The second-order valence-electron chi connectivity index (χ2n) is 4.61. The van der Waals surface area contributed by atoms with Crippen molar-refractivity contribution in [1.29, 1.82) is 0 Å². The molecule has 0 unspecified atom stereocenters. The van der Waals surface area contributed by atoms with Gasteiger partial charge in [0.05, 0.1) is 11.9 Å². The first-order chi connectivity index (χ1) is 8.80. The van der Waals surface area contributed by atoms with E-state index in [4.69, 9.17) is 0 Å². The van der Waals surface area contributed by atoms with Gasteiger partial charge in [-0.15, -0.1) is 0 Å². The van der Waals surface area contributed by atoms with Gasteiger partial charge in [0, 0.05) is 37.3 Å². The van der Waals surface area contributed by atoms with E-state index in [0.717, 1.165) is 29.4 Å². The van der Waals surface area contributed by atoms with Crippen LogP contribution >= 0.6 is 0 Å². The molecular formula is C13H17N5. The van der Waals surface area contributed by atoms with Crippen LogP contribution in [-0.2, 0) is 6.54 Å². The van der Waals surface area contributed by atoms with Gasteiger partial charge in [0.2, 0.25) is 0 Å². The van der Waals surface area contributed by atoms with Crippen molar-refractivity contribution < 1.29 is 0 Å². The van der Waals surface area contributed by atoms with Crippen molar-refractivity contribution >= 4 is 5.82 Å². The Hall–Kier alpha value is -1.91. The van der Waals surface area contributed by atoms with Gasteiger partial charge in [-0.3, -0.25) is 4.68 Å². The molecule has 0 bridgehead atoms. The average molecular weight is 243 g/mol. The molecular weight excluding hydrogens is 226 g/mol. The molecule has 2 aromatic heterocycles. The summed E-state index contributed by atoms with van der Waals surface area (Å²) in [6, 6.07) is 1.98. The number of nitrogens with zero attached hydrogens (tertiary/aromatic N) is 4. The third-order valence-corrected chi connectivity index (χ3v) is 3.20. The van der Waals surface area contributed by atoms with Gasteiger partial charge in [-0.2, -0.15) is 5.10 Å². The number of nitrogens with one attached hydrogen (secondary N) is 1. The van der Waals surface area contributed by atoms with Crippen molar-refractivity contribution in [3.8, 4) is 11.3 Å². The predicted molar refractivity (Wildman–Crippen MR) is 70.4 cm³/mol. The summed E-state index contributed by atoms with van der Waals surface area (Å²) < 4.78 is 1.91. The Morgan fingerprint density at radius 1 is 1.39 bits per heavy atom. The lowest BCUT2D eigenvalue weighted by atomic mass is 10.2. The summed E-state index contributed by atoms with van der Waals surface area (Å²) in [5.41, 5.74) is 2.01. The van der Waals surface area contributed by atoms with Crippen molar-refractivity contribution in [3.05, 3.63) is 24.3 Å². The van der Waals surface area contributed by atoms with Crippen LogP contribution in [0.4, 0.5) is 5.82 Å². The highest BCUT2D eigenvalue weighted by Crippen LogP contribution is 2.39. The molecule has 0 spiro atoms. The van der Waals surface area contributed by atoms with Gasteiger partial charge >= 0.3 is 0 Å². The number of hydrogen-bond acceptors (Lipinski definition) is 4. The predicted octanol–water partition coefficient (Wildman–Crippen LogP) is 2.28. The van der Waals surface area contributed by atoms with E-state index in [1.165, 1.54) is 12.8 Å². The fraction of sp³-hybridized carbons (Fsp3) is 0.462. The number of aromatic nitrogens is 4. The molecule has 1 fully saturated rings. The fourth-order valence-electron chi connectivity index (χ4n) is 1.93. The SMILES string of the molecule is CCn1cc(-c2cc(NC)nc(C3CC3)n2)cn1. The summed E-state index contributed by atoms with van der Waals surface area (Å²) in [4.78, 5) is 9.17. The summed E-state index contributed by atoms with van der Waals surface area (Å²) in [5, 5.41) is 7.40. The minimum Gasteiger partial charge on any atom is -0.373 e. The summed E-state index contributed by atoms with van der Waals surface area (Å²) in [7, 11) is 1.89. The van der Waals surface area contributed by atoms with Crippen LogP contribution in [0.25, 0.3) is 11.3 Å². The van der Waals surface area contributed by atoms with E-state index in [0.29, 0.717) is 5.92 Å². The van der Waals surface area contributed by atoms with Crippen molar-refractivity contribution in [2.24, 2.45) is 0 Å². The Bertz CT molecular complexity index is 556. The summed E-state index contributed by atoms with van der Waals surface area (Å²) in [6.45, 7) is 2.95. The molecule has 1 aliphatic carbocycles. The third kappa shape index (κ3) is 2.08. The normalized spacial score (nSPS) is 14.8. The zero-order chi connectivity index (χ0) is 12.5. The lowest BCUT2D eigenvalue weighted by Gasteiger charge is -2.05. The van der Waals surface area contributed by atoms with Gasteiger partial charge in [0.1, 0.15) is 11.6 Å². The second-order valence-corrected chi connectivity index (χ2v) is 4.61. The zero-order valence-corrected chi connectivity index (χ0v) is 10.7. The molecule has 5 nitrogen and oxygen atoms in total. The van der Waals surface area contributed by atoms with Crippen LogP contribution in [-0.4, -0.2) is 26.8 Å². The van der Waals surface area contributed by atoms with Crippen LogP contribution in [0.2, 0.25) is 0 Å². The van der Waals surface area contributed by atoms with E-state index in [1.807, 2.05) is 30.2 Å². The van der Waals surface area contributed by atoms with Gasteiger partial charge in [0.15, 0.2) is 0 Å². The highest BCUT2D eigenvalue weighted by atomic mass is 15.3. The molecule has 0 aromatic carbocycles. The molecule has 94 valence electrons. The van der Waals surface area contributed by atoms with Crippen LogP contribution < -0.4 is 5.32 Å². The zero-order valence-electron chi connectivity index (χ0n) is 10.7. The Kier molecular flexibility index (Phi) is 2.74. The Balaban J connectivity index is 2.01. The maximum absolute atomic E-state index is 4.66. The molecule has 2 heterocycles. The Labute approximate surface area is 106 Å². The number of rotatable bonds is 4. The molecule has 0 saturated heterocycles. The van der Waals surface area contributed by atoms with Crippen LogP contribution in [0.3, 0.4) is 0 Å².